The second kappa shape index (κ2) is 2.19. The van der Waals surface area contributed by atoms with Crippen molar-refractivity contribution in [1.29, 1.82) is 0 Å². The molecule has 0 amide bonds. The third-order valence-corrected chi connectivity index (χ3v) is 2.03. The largest absolute Gasteiger partial charge is 0.300 e. The highest BCUT2D eigenvalue weighted by Crippen LogP contribution is 2.27. The van der Waals surface area contributed by atoms with Crippen molar-refractivity contribution in [3.8, 4) is 0 Å². The lowest BCUT2D eigenvalue weighted by Crippen LogP contribution is -2.26. The Morgan fingerprint density at radius 3 is 2.82 bits per heavy atom. The molecule has 0 spiro atoms. The van der Waals surface area contributed by atoms with Crippen molar-refractivity contribution >= 4 is 5.78 Å². The van der Waals surface area contributed by atoms with Gasteiger partial charge in [-0.2, -0.15) is 5.10 Å². The van der Waals surface area contributed by atoms with Crippen LogP contribution in [0, 0.1) is 6.92 Å². The van der Waals surface area contributed by atoms with Gasteiger partial charge in [0.15, 0.2) is 0 Å². The molecule has 0 atom stereocenters. The molecule has 0 aliphatic heterocycles. The van der Waals surface area contributed by atoms with Crippen molar-refractivity contribution in [2.24, 2.45) is 0 Å². The summed E-state index contributed by atoms with van der Waals surface area (Å²) >= 11 is 0. The maximum absolute atomic E-state index is 10.6. The van der Waals surface area contributed by atoms with Crippen molar-refractivity contribution in [1.82, 2.24) is 9.78 Å². The van der Waals surface area contributed by atoms with Crippen LogP contribution in [0.25, 0.3) is 0 Å². The number of ketones is 1. The summed E-state index contributed by atoms with van der Waals surface area (Å²) in [4.78, 5) is 10.6. The van der Waals surface area contributed by atoms with Gasteiger partial charge >= 0.3 is 0 Å². The molecule has 11 heavy (non-hydrogen) atoms. The highest BCUT2D eigenvalue weighted by Gasteiger charge is 2.28. The third kappa shape index (κ3) is 1.06. The number of Topliss-reactive ketones (excluding diaryl/α,β-unsaturated/α-hetero) is 1. The zero-order valence-electron chi connectivity index (χ0n) is 6.45. The minimum Gasteiger partial charge on any atom is -0.300 e. The van der Waals surface area contributed by atoms with E-state index in [-0.39, 0.29) is 0 Å². The van der Waals surface area contributed by atoms with Gasteiger partial charge in [-0.05, 0) is 12.5 Å². The summed E-state index contributed by atoms with van der Waals surface area (Å²) in [6.07, 6.45) is 5.14. The molecule has 0 bridgehead atoms. The van der Waals surface area contributed by atoms with Crippen LogP contribution in [0.4, 0.5) is 0 Å². The first kappa shape index (κ1) is 6.58. The highest BCUT2D eigenvalue weighted by molar-refractivity contribution is 5.85. The lowest BCUT2D eigenvalue weighted by Gasteiger charge is -2.23. The molecule has 1 aliphatic carbocycles. The molecular formula is C8H10N2O. The van der Waals surface area contributed by atoms with Crippen LogP contribution in [0.5, 0.6) is 0 Å². The fourth-order valence-corrected chi connectivity index (χ4v) is 1.29. The van der Waals surface area contributed by atoms with E-state index in [0.717, 1.165) is 5.56 Å². The number of carbonyl (C=O) groups excluding carboxylic acids is 1. The normalized spacial score (nSPS) is 18.5. The quantitative estimate of drug-likeness (QED) is 0.600. The van der Waals surface area contributed by atoms with E-state index in [1.807, 2.05) is 24.0 Å². The van der Waals surface area contributed by atoms with E-state index in [9.17, 15) is 4.79 Å². The standard InChI is InChI=1S/C8H10N2O/c1-6-4-9-10(5-6)7-2-8(11)3-7/h4-5,7H,2-3H2,1H3. The summed E-state index contributed by atoms with van der Waals surface area (Å²) in [5, 5.41) is 4.14. The van der Waals surface area contributed by atoms with Crippen LogP contribution in [-0.4, -0.2) is 15.6 Å². The Morgan fingerprint density at radius 2 is 2.36 bits per heavy atom. The number of hydrogen-bond acceptors (Lipinski definition) is 2. The van der Waals surface area contributed by atoms with Crippen LogP contribution in [0.2, 0.25) is 0 Å². The van der Waals surface area contributed by atoms with Crippen LogP contribution in [0.15, 0.2) is 12.4 Å². The molecule has 58 valence electrons. The van der Waals surface area contributed by atoms with Crippen LogP contribution in [-0.2, 0) is 4.79 Å². The number of aromatic nitrogens is 2. The summed E-state index contributed by atoms with van der Waals surface area (Å²) in [5.41, 5.74) is 1.16. The van der Waals surface area contributed by atoms with Crippen LogP contribution < -0.4 is 0 Å². The first-order valence-electron chi connectivity index (χ1n) is 3.78. The predicted molar refractivity (Wildman–Crippen MR) is 40.2 cm³/mol. The van der Waals surface area contributed by atoms with E-state index in [2.05, 4.69) is 5.10 Å². The van der Waals surface area contributed by atoms with E-state index >= 15 is 0 Å². The third-order valence-electron chi connectivity index (χ3n) is 2.03. The van der Waals surface area contributed by atoms with Crippen molar-refractivity contribution in [2.45, 2.75) is 25.8 Å². The molecule has 0 unspecified atom stereocenters. The summed E-state index contributed by atoms with van der Waals surface area (Å²) < 4.78 is 1.89. The molecule has 1 fully saturated rings. The zero-order valence-corrected chi connectivity index (χ0v) is 6.45. The fourth-order valence-electron chi connectivity index (χ4n) is 1.29. The van der Waals surface area contributed by atoms with Crippen LogP contribution in [0.1, 0.15) is 24.4 Å². The van der Waals surface area contributed by atoms with Gasteiger partial charge < -0.3 is 0 Å². The Bertz CT molecular complexity index is 282. The molecule has 3 heteroatoms. The van der Waals surface area contributed by atoms with Gasteiger partial charge in [0.2, 0.25) is 0 Å². The Hall–Kier alpha value is -1.12. The number of aryl methyl sites for hydroxylation is 1. The zero-order chi connectivity index (χ0) is 7.84. The predicted octanol–water partition coefficient (Wildman–Crippen LogP) is 1.10. The van der Waals surface area contributed by atoms with E-state index in [1.54, 1.807) is 0 Å². The molecule has 0 radical (unpaired) electrons. The molecule has 0 N–H and O–H groups in total. The molecule has 1 saturated carbocycles. The van der Waals surface area contributed by atoms with Crippen molar-refractivity contribution < 1.29 is 4.79 Å². The van der Waals surface area contributed by atoms with E-state index in [4.69, 9.17) is 0 Å². The summed E-state index contributed by atoms with van der Waals surface area (Å²) in [6.45, 7) is 2.00. The summed E-state index contributed by atoms with van der Waals surface area (Å²) in [5.74, 6) is 0.350. The summed E-state index contributed by atoms with van der Waals surface area (Å²) in [7, 11) is 0. The number of carbonyl (C=O) groups is 1. The summed E-state index contributed by atoms with van der Waals surface area (Å²) in [6, 6.07) is 0.344. The van der Waals surface area contributed by atoms with Gasteiger partial charge in [0.1, 0.15) is 5.78 Å². The average molecular weight is 150 g/mol. The molecule has 3 nitrogen and oxygen atoms in total. The van der Waals surface area contributed by atoms with Gasteiger partial charge in [-0.3, -0.25) is 9.48 Å². The highest BCUT2D eigenvalue weighted by atomic mass is 16.1. The van der Waals surface area contributed by atoms with Crippen molar-refractivity contribution in [3.05, 3.63) is 18.0 Å². The molecular weight excluding hydrogens is 140 g/mol. The molecule has 1 aliphatic rings. The minimum absolute atomic E-state index is 0.344. The molecule has 1 aromatic heterocycles. The van der Waals surface area contributed by atoms with E-state index < -0.39 is 0 Å². The maximum atomic E-state index is 10.6. The van der Waals surface area contributed by atoms with E-state index in [0.29, 0.717) is 24.7 Å². The Balaban J connectivity index is 2.12. The first-order valence-corrected chi connectivity index (χ1v) is 3.78. The lowest BCUT2D eigenvalue weighted by molar-refractivity contribution is -0.126. The van der Waals surface area contributed by atoms with Gasteiger partial charge in [0, 0.05) is 19.0 Å². The second-order valence-electron chi connectivity index (χ2n) is 3.10. The molecule has 0 aromatic carbocycles. The SMILES string of the molecule is Cc1cnn(C2CC(=O)C2)c1. The lowest BCUT2D eigenvalue weighted by atomic mass is 9.92. The Labute approximate surface area is 65.0 Å². The number of rotatable bonds is 1. The average Bonchev–Trinajstić information content (AvgIpc) is 2.29. The van der Waals surface area contributed by atoms with Gasteiger partial charge in [-0.15, -0.1) is 0 Å². The maximum Gasteiger partial charge on any atom is 0.137 e. The Morgan fingerprint density at radius 1 is 1.64 bits per heavy atom. The van der Waals surface area contributed by atoms with Crippen molar-refractivity contribution in [2.75, 3.05) is 0 Å². The van der Waals surface area contributed by atoms with Gasteiger partial charge in [-0.1, -0.05) is 0 Å². The van der Waals surface area contributed by atoms with Crippen molar-refractivity contribution in [3.63, 3.8) is 0 Å². The first-order chi connectivity index (χ1) is 5.25. The molecule has 0 saturated heterocycles. The van der Waals surface area contributed by atoms with Gasteiger partial charge in [0.05, 0.1) is 12.2 Å². The smallest absolute Gasteiger partial charge is 0.137 e. The van der Waals surface area contributed by atoms with E-state index in [1.165, 1.54) is 0 Å². The van der Waals surface area contributed by atoms with Crippen LogP contribution >= 0.6 is 0 Å². The fraction of sp³-hybridized carbons (Fsp3) is 0.500. The second-order valence-corrected chi connectivity index (χ2v) is 3.10. The number of nitrogens with zero attached hydrogens (tertiary/aromatic N) is 2. The topological polar surface area (TPSA) is 34.9 Å². The minimum atomic E-state index is 0.344. The monoisotopic (exact) mass is 150 g/mol. The number of hydrogen-bond donors (Lipinski definition) is 0. The van der Waals surface area contributed by atoms with Crippen LogP contribution in [0.3, 0.4) is 0 Å². The van der Waals surface area contributed by atoms with Gasteiger partial charge in [0.25, 0.3) is 0 Å². The molecule has 1 heterocycles. The molecule has 2 rings (SSSR count). The molecule has 1 aromatic rings. The Kier molecular flexibility index (Phi) is 1.31. The van der Waals surface area contributed by atoms with Gasteiger partial charge in [-0.25, -0.2) is 0 Å².